The highest BCUT2D eigenvalue weighted by Gasteiger charge is 2.48. The van der Waals surface area contributed by atoms with Crippen LogP contribution < -0.4 is 11.1 Å². The molecule has 7 heteroatoms. The normalized spacial score (nSPS) is 17.7. The third-order valence-corrected chi connectivity index (χ3v) is 4.11. The summed E-state index contributed by atoms with van der Waals surface area (Å²) in [6, 6.07) is 3.99. The molecule has 0 spiro atoms. The summed E-state index contributed by atoms with van der Waals surface area (Å²) >= 11 is 3.23. The summed E-state index contributed by atoms with van der Waals surface area (Å²) in [5.74, 6) is -0.950. The van der Waals surface area contributed by atoms with Gasteiger partial charge in [-0.1, -0.05) is 11.6 Å². The average molecular weight is 330 g/mol. The standard InChI is InChI=1S/C12H13BrFN3O2/c13-8-3-2-7(14)6-9(8)16-11(18)12(4-1-5-12)10(15)17-19/h2-3,6,19H,1,4-5H2,(H2,15,17)(H,16,18). The molecule has 0 radical (unpaired) electrons. The zero-order valence-electron chi connectivity index (χ0n) is 9.99. The molecule has 1 aromatic rings. The number of amides is 1. The van der Waals surface area contributed by atoms with Crippen LogP contribution in [0.25, 0.3) is 0 Å². The zero-order chi connectivity index (χ0) is 14.0. The van der Waals surface area contributed by atoms with Gasteiger partial charge < -0.3 is 16.3 Å². The Morgan fingerprint density at radius 1 is 1.53 bits per heavy atom. The van der Waals surface area contributed by atoms with Gasteiger partial charge in [0.15, 0.2) is 5.84 Å². The number of nitrogens with zero attached hydrogens (tertiary/aromatic N) is 1. The lowest BCUT2D eigenvalue weighted by atomic mass is 9.67. The Morgan fingerprint density at radius 2 is 2.21 bits per heavy atom. The second-order valence-electron chi connectivity index (χ2n) is 4.50. The monoisotopic (exact) mass is 329 g/mol. The van der Waals surface area contributed by atoms with Crippen LogP contribution in [0.4, 0.5) is 10.1 Å². The maximum atomic E-state index is 13.2. The largest absolute Gasteiger partial charge is 0.409 e. The Hall–Kier alpha value is -1.63. The van der Waals surface area contributed by atoms with Gasteiger partial charge in [-0.15, -0.1) is 0 Å². The van der Waals surface area contributed by atoms with Crippen LogP contribution >= 0.6 is 15.9 Å². The summed E-state index contributed by atoms with van der Waals surface area (Å²) in [7, 11) is 0. The van der Waals surface area contributed by atoms with Gasteiger partial charge in [0.1, 0.15) is 11.2 Å². The molecule has 1 amide bonds. The summed E-state index contributed by atoms with van der Waals surface area (Å²) in [5, 5.41) is 14.3. The van der Waals surface area contributed by atoms with Crippen LogP contribution in [0.15, 0.2) is 27.8 Å². The van der Waals surface area contributed by atoms with Crippen LogP contribution in [0.2, 0.25) is 0 Å². The number of anilines is 1. The van der Waals surface area contributed by atoms with Crippen LogP contribution in [0.3, 0.4) is 0 Å². The fourth-order valence-corrected chi connectivity index (χ4v) is 2.41. The van der Waals surface area contributed by atoms with Gasteiger partial charge in [-0.2, -0.15) is 0 Å². The molecule has 0 heterocycles. The second kappa shape index (κ2) is 5.16. The number of benzene rings is 1. The number of oxime groups is 1. The zero-order valence-corrected chi connectivity index (χ0v) is 11.6. The number of rotatable bonds is 3. The van der Waals surface area contributed by atoms with E-state index in [0.717, 1.165) is 6.42 Å². The van der Waals surface area contributed by atoms with Crippen LogP contribution in [0, 0.1) is 11.2 Å². The van der Waals surface area contributed by atoms with Crippen LogP contribution in [-0.2, 0) is 4.79 Å². The first-order valence-corrected chi connectivity index (χ1v) is 6.53. The molecule has 0 atom stereocenters. The summed E-state index contributed by atoms with van der Waals surface area (Å²) in [6.45, 7) is 0. The minimum absolute atomic E-state index is 0.108. The molecule has 19 heavy (non-hydrogen) atoms. The molecule has 4 N–H and O–H groups in total. The van der Waals surface area contributed by atoms with Gasteiger partial charge in [0.2, 0.25) is 5.91 Å². The number of halogens is 2. The lowest BCUT2D eigenvalue weighted by molar-refractivity contribution is -0.125. The van der Waals surface area contributed by atoms with E-state index in [2.05, 4.69) is 26.4 Å². The quantitative estimate of drug-likeness (QED) is 0.344. The van der Waals surface area contributed by atoms with Gasteiger partial charge >= 0.3 is 0 Å². The Labute approximate surface area is 117 Å². The molecule has 5 nitrogen and oxygen atoms in total. The van der Waals surface area contributed by atoms with Gasteiger partial charge in [-0.05, 0) is 47.0 Å². The van der Waals surface area contributed by atoms with Crippen LogP contribution in [-0.4, -0.2) is 17.0 Å². The molecule has 0 aliphatic heterocycles. The smallest absolute Gasteiger partial charge is 0.238 e. The fourth-order valence-electron chi connectivity index (χ4n) is 2.06. The van der Waals surface area contributed by atoms with E-state index in [-0.39, 0.29) is 11.7 Å². The number of hydrogen-bond acceptors (Lipinski definition) is 3. The molecule has 1 aliphatic rings. The van der Waals surface area contributed by atoms with Gasteiger partial charge in [-0.3, -0.25) is 4.79 Å². The minimum atomic E-state index is -0.986. The molecule has 102 valence electrons. The molecule has 0 unspecified atom stereocenters. The van der Waals surface area contributed by atoms with Crippen molar-refractivity contribution in [2.45, 2.75) is 19.3 Å². The topological polar surface area (TPSA) is 87.7 Å². The van der Waals surface area contributed by atoms with E-state index in [4.69, 9.17) is 10.9 Å². The molecule has 0 saturated heterocycles. The molecule has 2 rings (SSSR count). The Bertz CT molecular complexity index is 544. The molecule has 1 aromatic carbocycles. The van der Waals surface area contributed by atoms with E-state index in [9.17, 15) is 9.18 Å². The summed E-state index contributed by atoms with van der Waals surface area (Å²) in [6.07, 6.45) is 1.86. The van der Waals surface area contributed by atoms with E-state index >= 15 is 0 Å². The van der Waals surface area contributed by atoms with E-state index in [1.165, 1.54) is 18.2 Å². The highest BCUT2D eigenvalue weighted by molar-refractivity contribution is 9.10. The highest BCUT2D eigenvalue weighted by Crippen LogP contribution is 2.42. The molecule has 1 fully saturated rings. The second-order valence-corrected chi connectivity index (χ2v) is 5.35. The van der Waals surface area contributed by atoms with Crippen molar-refractivity contribution in [3.63, 3.8) is 0 Å². The number of hydrogen-bond donors (Lipinski definition) is 3. The molecular formula is C12H13BrFN3O2. The van der Waals surface area contributed by atoms with Crippen molar-refractivity contribution in [3.05, 3.63) is 28.5 Å². The molecule has 0 aromatic heterocycles. The van der Waals surface area contributed by atoms with Crippen molar-refractivity contribution in [1.82, 2.24) is 0 Å². The van der Waals surface area contributed by atoms with Crippen molar-refractivity contribution in [3.8, 4) is 0 Å². The van der Waals surface area contributed by atoms with Crippen molar-refractivity contribution in [1.29, 1.82) is 0 Å². The van der Waals surface area contributed by atoms with Gasteiger partial charge in [-0.25, -0.2) is 4.39 Å². The van der Waals surface area contributed by atoms with E-state index in [0.29, 0.717) is 23.0 Å². The predicted molar refractivity (Wildman–Crippen MR) is 72.4 cm³/mol. The summed E-state index contributed by atoms with van der Waals surface area (Å²) < 4.78 is 13.7. The Kier molecular flexibility index (Phi) is 3.75. The SMILES string of the molecule is N/C(=N/O)C1(C(=O)Nc2cc(F)ccc2Br)CCC1. The first-order chi connectivity index (χ1) is 8.99. The maximum absolute atomic E-state index is 13.2. The number of nitrogens with one attached hydrogen (secondary N) is 1. The fraction of sp³-hybridized carbons (Fsp3) is 0.333. The first-order valence-electron chi connectivity index (χ1n) is 5.74. The van der Waals surface area contributed by atoms with E-state index < -0.39 is 11.2 Å². The molecule has 0 bridgehead atoms. The van der Waals surface area contributed by atoms with Crippen LogP contribution in [0.1, 0.15) is 19.3 Å². The Morgan fingerprint density at radius 3 is 2.74 bits per heavy atom. The number of nitrogens with two attached hydrogens (primary N) is 1. The van der Waals surface area contributed by atoms with Gasteiger partial charge in [0, 0.05) is 4.47 Å². The predicted octanol–water partition coefficient (Wildman–Crippen LogP) is 2.44. The lowest BCUT2D eigenvalue weighted by Gasteiger charge is -2.38. The lowest BCUT2D eigenvalue weighted by Crippen LogP contribution is -2.51. The maximum Gasteiger partial charge on any atom is 0.238 e. The Balaban J connectivity index is 2.23. The van der Waals surface area contributed by atoms with Crippen molar-refractivity contribution < 1.29 is 14.4 Å². The van der Waals surface area contributed by atoms with Crippen molar-refractivity contribution in [2.24, 2.45) is 16.3 Å². The first kappa shape index (κ1) is 13.8. The van der Waals surface area contributed by atoms with E-state index in [1.54, 1.807) is 0 Å². The van der Waals surface area contributed by atoms with Crippen molar-refractivity contribution in [2.75, 3.05) is 5.32 Å². The van der Waals surface area contributed by atoms with Gasteiger partial charge in [0.25, 0.3) is 0 Å². The molecule has 1 saturated carbocycles. The highest BCUT2D eigenvalue weighted by atomic mass is 79.9. The third kappa shape index (κ3) is 2.42. The minimum Gasteiger partial charge on any atom is -0.409 e. The number of amidine groups is 1. The number of carbonyl (C=O) groups excluding carboxylic acids is 1. The molecular weight excluding hydrogens is 317 g/mol. The van der Waals surface area contributed by atoms with Crippen LogP contribution in [0.5, 0.6) is 0 Å². The summed E-state index contributed by atoms with van der Waals surface area (Å²) in [5.41, 5.74) is 4.92. The van der Waals surface area contributed by atoms with Gasteiger partial charge in [0.05, 0.1) is 5.69 Å². The number of carbonyl (C=O) groups is 1. The molecule has 1 aliphatic carbocycles. The average Bonchev–Trinajstić information content (AvgIpc) is 2.32. The summed E-state index contributed by atoms with van der Waals surface area (Å²) in [4.78, 5) is 12.3. The van der Waals surface area contributed by atoms with Crippen molar-refractivity contribution >= 4 is 33.4 Å². The third-order valence-electron chi connectivity index (χ3n) is 3.42. The van der Waals surface area contributed by atoms with E-state index in [1.807, 2.05) is 0 Å².